The average Bonchev–Trinajstić information content (AvgIpc) is 2.33. The Labute approximate surface area is 99.9 Å². The topological polar surface area (TPSA) is 29.5 Å². The molecule has 0 bridgehead atoms. The van der Waals surface area contributed by atoms with Crippen LogP contribution in [-0.4, -0.2) is 44.5 Å². The molecule has 0 saturated carbocycles. The van der Waals surface area contributed by atoms with Crippen LogP contribution in [0.4, 0.5) is 0 Å². The highest BCUT2D eigenvalue weighted by Gasteiger charge is 2.20. The predicted octanol–water partition coefficient (Wildman–Crippen LogP) is 1.17. The number of amides is 1. The fourth-order valence-corrected chi connectivity index (χ4v) is 1.54. The smallest absolute Gasteiger partial charge is 0.219 e. The second kappa shape index (κ2) is 9.29. The molecule has 2 radical (unpaired) electrons. The van der Waals surface area contributed by atoms with Crippen LogP contribution >= 0.6 is 0 Å². The van der Waals surface area contributed by atoms with Crippen LogP contribution in [0.15, 0.2) is 0 Å². The molecule has 1 fully saturated rings. The van der Waals surface area contributed by atoms with E-state index in [-0.39, 0.29) is 12.0 Å². The van der Waals surface area contributed by atoms with Gasteiger partial charge in [-0.3, -0.25) is 4.79 Å². The Morgan fingerprint density at radius 1 is 1.44 bits per heavy atom. The summed E-state index contributed by atoms with van der Waals surface area (Å²) in [5, 5.41) is 0. The summed E-state index contributed by atoms with van der Waals surface area (Å²) >= 11 is 0. The molecule has 0 N–H and O–H groups in total. The quantitative estimate of drug-likeness (QED) is 0.517. The van der Waals surface area contributed by atoms with E-state index in [1.165, 1.54) is 0 Å². The van der Waals surface area contributed by atoms with E-state index >= 15 is 0 Å². The Hall–Kier alpha value is -0.945. The molecule has 1 saturated heterocycles. The minimum Gasteiger partial charge on any atom is -0.365 e. The third-order valence-electron chi connectivity index (χ3n) is 2.38. The van der Waals surface area contributed by atoms with Crippen molar-refractivity contribution in [2.45, 2.75) is 39.7 Å². The van der Waals surface area contributed by atoms with Crippen molar-refractivity contribution in [1.82, 2.24) is 4.90 Å². The molecule has 3 nitrogen and oxygen atoms in total. The van der Waals surface area contributed by atoms with Crippen molar-refractivity contribution in [3.8, 4) is 11.7 Å². The number of ether oxygens (including phenoxy) is 1. The summed E-state index contributed by atoms with van der Waals surface area (Å²) in [5.74, 6) is 5.09. The van der Waals surface area contributed by atoms with E-state index in [1.54, 1.807) is 6.92 Å². The zero-order chi connectivity index (χ0) is 12.4. The number of rotatable bonds is 2. The van der Waals surface area contributed by atoms with Crippen LogP contribution < -0.4 is 0 Å². The largest absolute Gasteiger partial charge is 0.365 e. The molecule has 0 unspecified atom stereocenters. The second-order valence-corrected chi connectivity index (χ2v) is 3.34. The molecule has 16 heavy (non-hydrogen) atoms. The molecule has 1 amide bonds. The first-order valence-electron chi connectivity index (χ1n) is 5.79. The third-order valence-corrected chi connectivity index (χ3v) is 2.38. The van der Waals surface area contributed by atoms with Gasteiger partial charge in [-0.25, -0.2) is 0 Å². The zero-order valence-corrected chi connectivity index (χ0v) is 10.5. The number of hydrogen-bond acceptors (Lipinski definition) is 2. The number of carbonyl (C=O) groups is 1. The summed E-state index contributed by atoms with van der Waals surface area (Å²) in [6.45, 7) is 7.56. The van der Waals surface area contributed by atoms with Crippen molar-refractivity contribution in [2.75, 3.05) is 19.7 Å². The Kier molecular flexibility index (Phi) is 8.74. The highest BCUT2D eigenvalue weighted by atomic mass is 16.5. The van der Waals surface area contributed by atoms with Gasteiger partial charge in [-0.15, -0.1) is 0 Å². The van der Waals surface area contributed by atoms with Gasteiger partial charge in [0.2, 0.25) is 5.91 Å². The summed E-state index contributed by atoms with van der Waals surface area (Å²) in [6.07, 6.45) is 2.02. The Balaban J connectivity index is 0.00000106. The summed E-state index contributed by atoms with van der Waals surface area (Å²) in [5.41, 5.74) is 0. The molecule has 88 valence electrons. The lowest BCUT2D eigenvalue weighted by Crippen LogP contribution is -2.39. The number of piperidine rings is 1. The van der Waals surface area contributed by atoms with Crippen molar-refractivity contribution in [3.05, 3.63) is 0 Å². The van der Waals surface area contributed by atoms with Crippen molar-refractivity contribution in [3.63, 3.8) is 0 Å². The lowest BCUT2D eigenvalue weighted by molar-refractivity contribution is -0.131. The van der Waals surface area contributed by atoms with Crippen LogP contribution in [0, 0.1) is 11.7 Å². The van der Waals surface area contributed by atoms with E-state index in [4.69, 9.17) is 12.6 Å². The molecule has 0 aliphatic carbocycles. The summed E-state index contributed by atoms with van der Waals surface area (Å²) < 4.78 is 5.46. The van der Waals surface area contributed by atoms with Crippen LogP contribution in [0.5, 0.6) is 0 Å². The van der Waals surface area contributed by atoms with Gasteiger partial charge in [0.1, 0.15) is 6.61 Å². The molecule has 4 heteroatoms. The first-order chi connectivity index (χ1) is 7.74. The molecular formula is C12H20BNO2. The van der Waals surface area contributed by atoms with Gasteiger partial charge in [0.25, 0.3) is 0 Å². The van der Waals surface area contributed by atoms with E-state index in [1.807, 2.05) is 18.7 Å². The van der Waals surface area contributed by atoms with Crippen LogP contribution in [0.25, 0.3) is 0 Å². The van der Waals surface area contributed by atoms with E-state index in [0.717, 1.165) is 25.9 Å². The molecule has 0 aromatic rings. The van der Waals surface area contributed by atoms with Crippen LogP contribution in [-0.2, 0) is 9.53 Å². The summed E-state index contributed by atoms with van der Waals surface area (Å²) in [6, 6.07) is 0. The highest BCUT2D eigenvalue weighted by Crippen LogP contribution is 2.13. The van der Waals surface area contributed by atoms with Crippen molar-refractivity contribution in [1.29, 1.82) is 0 Å². The molecule has 1 rings (SSSR count). The second-order valence-electron chi connectivity index (χ2n) is 3.34. The molecule has 0 atom stereocenters. The maximum Gasteiger partial charge on any atom is 0.219 e. The number of nitrogens with zero attached hydrogens (tertiary/aromatic N) is 1. The lowest BCUT2D eigenvalue weighted by atomic mass is 10.1. The predicted molar refractivity (Wildman–Crippen MR) is 66.1 cm³/mol. The SMILES string of the molecule is CC.[B]C#CCOC1CCN(C(C)=O)CC1. The summed E-state index contributed by atoms with van der Waals surface area (Å²) in [7, 11) is 5.01. The van der Waals surface area contributed by atoms with Gasteiger partial charge in [0, 0.05) is 20.0 Å². The van der Waals surface area contributed by atoms with Gasteiger partial charge in [-0.2, -0.15) is 5.82 Å². The van der Waals surface area contributed by atoms with E-state index < -0.39 is 0 Å². The van der Waals surface area contributed by atoms with Crippen molar-refractivity contribution < 1.29 is 9.53 Å². The van der Waals surface area contributed by atoms with Crippen LogP contribution in [0.2, 0.25) is 0 Å². The molecular weight excluding hydrogens is 201 g/mol. The fraction of sp³-hybridized carbons (Fsp3) is 0.750. The van der Waals surface area contributed by atoms with Gasteiger partial charge in [0.05, 0.1) is 6.10 Å². The molecule has 0 spiro atoms. The Morgan fingerprint density at radius 2 is 2.00 bits per heavy atom. The van der Waals surface area contributed by atoms with Crippen LogP contribution in [0.1, 0.15) is 33.6 Å². The number of hydrogen-bond donors (Lipinski definition) is 0. The van der Waals surface area contributed by atoms with E-state index in [9.17, 15) is 4.79 Å². The Morgan fingerprint density at radius 3 is 2.44 bits per heavy atom. The lowest BCUT2D eigenvalue weighted by Gasteiger charge is -2.30. The first kappa shape index (κ1) is 15.1. The minimum absolute atomic E-state index is 0.144. The molecule has 0 aromatic heterocycles. The monoisotopic (exact) mass is 221 g/mol. The van der Waals surface area contributed by atoms with Gasteiger partial charge in [-0.1, -0.05) is 19.8 Å². The maximum atomic E-state index is 11.0. The average molecular weight is 221 g/mol. The molecule has 1 aliphatic heterocycles. The summed E-state index contributed by atoms with van der Waals surface area (Å²) in [4.78, 5) is 12.9. The minimum atomic E-state index is 0.144. The van der Waals surface area contributed by atoms with Gasteiger partial charge in [-0.05, 0) is 12.8 Å². The standard InChI is InChI=1S/C10H14BNO2.C2H6/c1-9(13)12-6-3-10(4-7-12)14-8-2-5-11;1-2/h10H,3-4,6-8H2,1H3;1-2H3. The number of likely N-dealkylation sites (tertiary alicyclic amines) is 1. The number of carbonyl (C=O) groups excluding carboxylic acids is 1. The van der Waals surface area contributed by atoms with Crippen molar-refractivity contribution >= 4 is 13.8 Å². The maximum absolute atomic E-state index is 11.0. The van der Waals surface area contributed by atoms with E-state index in [2.05, 4.69) is 11.7 Å². The molecule has 1 heterocycles. The van der Waals surface area contributed by atoms with Gasteiger partial charge < -0.3 is 9.64 Å². The van der Waals surface area contributed by atoms with Gasteiger partial charge in [0.15, 0.2) is 7.85 Å². The first-order valence-corrected chi connectivity index (χ1v) is 5.79. The van der Waals surface area contributed by atoms with Gasteiger partial charge >= 0.3 is 0 Å². The van der Waals surface area contributed by atoms with Crippen LogP contribution in [0.3, 0.4) is 0 Å². The third kappa shape index (κ3) is 5.82. The molecule has 1 aliphatic rings. The Bertz CT molecular complexity index is 249. The molecule has 0 aromatic carbocycles. The zero-order valence-electron chi connectivity index (χ0n) is 10.5. The van der Waals surface area contributed by atoms with Crippen molar-refractivity contribution in [2.24, 2.45) is 0 Å². The normalized spacial score (nSPS) is 15.6. The van der Waals surface area contributed by atoms with E-state index in [0.29, 0.717) is 6.61 Å². The highest BCUT2D eigenvalue weighted by molar-refractivity contribution is 6.22. The fourth-order valence-electron chi connectivity index (χ4n) is 1.54.